The van der Waals surface area contributed by atoms with E-state index in [4.69, 9.17) is 0 Å². The fourth-order valence-electron chi connectivity index (χ4n) is 2.47. The zero-order valence-corrected chi connectivity index (χ0v) is 11.9. The van der Waals surface area contributed by atoms with Gasteiger partial charge in [0.15, 0.2) is 0 Å². The molecule has 0 atom stereocenters. The van der Waals surface area contributed by atoms with Crippen LogP contribution < -0.4 is 5.32 Å². The van der Waals surface area contributed by atoms with Crippen LogP contribution in [0.25, 0.3) is 0 Å². The molecule has 1 saturated carbocycles. The van der Waals surface area contributed by atoms with Gasteiger partial charge >= 0.3 is 0 Å². The predicted octanol–water partition coefficient (Wildman–Crippen LogP) is 2.19. The van der Waals surface area contributed by atoms with E-state index in [0.29, 0.717) is 12.3 Å². The third kappa shape index (κ3) is 4.88. The fraction of sp³-hybridized carbons (Fsp3) is 0.533. The van der Waals surface area contributed by atoms with E-state index < -0.39 is 0 Å². The monoisotopic (exact) mass is 279 g/mol. The summed E-state index contributed by atoms with van der Waals surface area (Å²) in [7, 11) is 0. The molecule has 1 aliphatic carbocycles. The van der Waals surface area contributed by atoms with Gasteiger partial charge in [-0.05, 0) is 49.3 Å². The average molecular weight is 279 g/mol. The Bertz CT molecular complexity index is 411. The summed E-state index contributed by atoms with van der Waals surface area (Å²) in [4.78, 5) is 12.7. The van der Waals surface area contributed by atoms with Gasteiger partial charge in [-0.15, -0.1) is 12.6 Å². The molecule has 0 unspecified atom stereocenters. The molecule has 0 radical (unpaired) electrons. The van der Waals surface area contributed by atoms with Crippen LogP contribution in [0.5, 0.6) is 0 Å². The molecule has 2 rings (SSSR count). The average Bonchev–Trinajstić information content (AvgIpc) is 2.41. The molecule has 0 aliphatic heterocycles. The highest BCUT2D eigenvalue weighted by Gasteiger charge is 2.19. The Balaban J connectivity index is 1.71. The van der Waals surface area contributed by atoms with Crippen molar-refractivity contribution in [2.75, 3.05) is 6.54 Å². The number of thiol groups is 1. The van der Waals surface area contributed by atoms with Crippen molar-refractivity contribution in [2.24, 2.45) is 5.92 Å². The topological polar surface area (TPSA) is 49.3 Å². The Hall–Kier alpha value is -1.00. The number of carbonyl (C=O) groups is 1. The van der Waals surface area contributed by atoms with Gasteiger partial charge in [0.25, 0.3) is 0 Å². The molecule has 0 heterocycles. The third-order valence-electron chi connectivity index (χ3n) is 3.71. The smallest absolute Gasteiger partial charge is 0.224 e. The minimum Gasteiger partial charge on any atom is -0.393 e. The van der Waals surface area contributed by atoms with Gasteiger partial charge in [-0.3, -0.25) is 4.79 Å². The summed E-state index contributed by atoms with van der Waals surface area (Å²) in [5.41, 5.74) is 1.01. The van der Waals surface area contributed by atoms with Crippen molar-refractivity contribution in [1.82, 2.24) is 5.32 Å². The molecule has 2 N–H and O–H groups in total. The van der Waals surface area contributed by atoms with Crippen LogP contribution in [0.4, 0.5) is 0 Å². The molecule has 0 saturated heterocycles. The number of aliphatic hydroxyl groups is 1. The molecule has 1 aromatic rings. The minimum absolute atomic E-state index is 0.0676. The Morgan fingerprint density at radius 3 is 2.47 bits per heavy atom. The SMILES string of the molecule is O=C(Cc1ccc(S)cc1)NCC1CCC(O)CC1. The molecule has 0 aromatic heterocycles. The standard InChI is InChI=1S/C15H21NO2S/c17-13-5-1-12(2-6-13)10-16-15(18)9-11-3-7-14(19)8-4-11/h3-4,7-8,12-13,17,19H,1-2,5-6,9-10H2,(H,16,18). The number of nitrogens with one attached hydrogen (secondary N) is 1. The van der Waals surface area contributed by atoms with E-state index in [2.05, 4.69) is 17.9 Å². The fourth-order valence-corrected chi connectivity index (χ4v) is 2.62. The van der Waals surface area contributed by atoms with Crippen LogP contribution in [0.15, 0.2) is 29.2 Å². The van der Waals surface area contributed by atoms with E-state index in [1.165, 1.54) is 0 Å². The van der Waals surface area contributed by atoms with Crippen molar-refractivity contribution in [3.05, 3.63) is 29.8 Å². The number of carbonyl (C=O) groups excluding carboxylic acids is 1. The number of benzene rings is 1. The lowest BCUT2D eigenvalue weighted by molar-refractivity contribution is -0.120. The van der Waals surface area contributed by atoms with Gasteiger partial charge in [0, 0.05) is 11.4 Å². The van der Waals surface area contributed by atoms with E-state index in [1.54, 1.807) is 0 Å². The van der Waals surface area contributed by atoms with E-state index in [-0.39, 0.29) is 12.0 Å². The molecule has 104 valence electrons. The summed E-state index contributed by atoms with van der Waals surface area (Å²) < 4.78 is 0. The van der Waals surface area contributed by atoms with Crippen molar-refractivity contribution < 1.29 is 9.90 Å². The predicted molar refractivity (Wildman–Crippen MR) is 78.4 cm³/mol. The number of amides is 1. The summed E-state index contributed by atoms with van der Waals surface area (Å²) in [5.74, 6) is 0.588. The molecule has 1 aromatic carbocycles. The van der Waals surface area contributed by atoms with Crippen molar-refractivity contribution in [3.8, 4) is 0 Å². The second-order valence-corrected chi connectivity index (χ2v) is 5.84. The summed E-state index contributed by atoms with van der Waals surface area (Å²) >= 11 is 4.22. The highest BCUT2D eigenvalue weighted by atomic mass is 32.1. The number of hydrogen-bond donors (Lipinski definition) is 3. The van der Waals surface area contributed by atoms with Crippen LogP contribution >= 0.6 is 12.6 Å². The van der Waals surface area contributed by atoms with Crippen LogP contribution in [0, 0.1) is 5.92 Å². The maximum Gasteiger partial charge on any atom is 0.224 e. The maximum absolute atomic E-state index is 11.8. The van der Waals surface area contributed by atoms with E-state index in [0.717, 1.165) is 42.7 Å². The maximum atomic E-state index is 11.8. The van der Waals surface area contributed by atoms with Gasteiger partial charge in [-0.25, -0.2) is 0 Å². The first kappa shape index (κ1) is 14.4. The second kappa shape index (κ2) is 6.96. The van der Waals surface area contributed by atoms with E-state index in [1.807, 2.05) is 24.3 Å². The lowest BCUT2D eigenvalue weighted by atomic mass is 9.87. The van der Waals surface area contributed by atoms with Crippen molar-refractivity contribution in [1.29, 1.82) is 0 Å². The van der Waals surface area contributed by atoms with Gasteiger partial charge in [-0.2, -0.15) is 0 Å². The number of aliphatic hydroxyl groups excluding tert-OH is 1. The molecular weight excluding hydrogens is 258 g/mol. The van der Waals surface area contributed by atoms with Crippen LogP contribution in [0.2, 0.25) is 0 Å². The summed E-state index contributed by atoms with van der Waals surface area (Å²) in [6.45, 7) is 0.732. The molecule has 4 heteroatoms. The molecule has 0 bridgehead atoms. The van der Waals surface area contributed by atoms with Crippen LogP contribution in [0.3, 0.4) is 0 Å². The lowest BCUT2D eigenvalue weighted by Crippen LogP contribution is -2.33. The highest BCUT2D eigenvalue weighted by Crippen LogP contribution is 2.23. The van der Waals surface area contributed by atoms with Crippen molar-refractivity contribution in [3.63, 3.8) is 0 Å². The first-order valence-electron chi connectivity index (χ1n) is 6.86. The zero-order chi connectivity index (χ0) is 13.7. The Labute approximate surface area is 119 Å². The molecule has 19 heavy (non-hydrogen) atoms. The summed E-state index contributed by atoms with van der Waals surface area (Å²) in [6, 6.07) is 7.65. The Kier molecular flexibility index (Phi) is 5.28. The molecule has 0 spiro atoms. The number of hydrogen-bond acceptors (Lipinski definition) is 3. The van der Waals surface area contributed by atoms with Crippen LogP contribution in [-0.2, 0) is 11.2 Å². The lowest BCUT2D eigenvalue weighted by Gasteiger charge is -2.25. The van der Waals surface area contributed by atoms with Crippen molar-refractivity contribution in [2.45, 2.75) is 43.1 Å². The first-order valence-corrected chi connectivity index (χ1v) is 7.31. The minimum atomic E-state index is -0.133. The Morgan fingerprint density at radius 1 is 1.21 bits per heavy atom. The molecule has 1 fully saturated rings. The van der Waals surface area contributed by atoms with Crippen LogP contribution in [-0.4, -0.2) is 23.7 Å². The summed E-state index contributed by atoms with van der Waals surface area (Å²) in [5, 5.41) is 12.4. The van der Waals surface area contributed by atoms with Gasteiger partial charge in [-0.1, -0.05) is 12.1 Å². The van der Waals surface area contributed by atoms with Crippen LogP contribution in [0.1, 0.15) is 31.2 Å². The largest absolute Gasteiger partial charge is 0.393 e. The molecule has 1 amide bonds. The van der Waals surface area contributed by atoms with Gasteiger partial charge in [0.1, 0.15) is 0 Å². The van der Waals surface area contributed by atoms with E-state index >= 15 is 0 Å². The third-order valence-corrected chi connectivity index (χ3v) is 4.00. The van der Waals surface area contributed by atoms with Gasteiger partial charge in [0.05, 0.1) is 12.5 Å². The van der Waals surface area contributed by atoms with Gasteiger partial charge < -0.3 is 10.4 Å². The number of rotatable bonds is 4. The normalized spacial score (nSPS) is 23.1. The van der Waals surface area contributed by atoms with Gasteiger partial charge in [0.2, 0.25) is 5.91 Å². The molecule has 1 aliphatic rings. The second-order valence-electron chi connectivity index (χ2n) is 5.32. The van der Waals surface area contributed by atoms with Crippen molar-refractivity contribution >= 4 is 18.5 Å². The zero-order valence-electron chi connectivity index (χ0n) is 11.0. The Morgan fingerprint density at radius 2 is 1.84 bits per heavy atom. The van der Waals surface area contributed by atoms with E-state index in [9.17, 15) is 9.90 Å². The molecule has 3 nitrogen and oxygen atoms in total. The first-order chi connectivity index (χ1) is 9.13. The highest BCUT2D eigenvalue weighted by molar-refractivity contribution is 7.80. The quantitative estimate of drug-likeness (QED) is 0.740. The molecular formula is C15H21NO2S. The summed E-state index contributed by atoms with van der Waals surface area (Å²) in [6.07, 6.45) is 4.04.